The lowest BCUT2D eigenvalue weighted by Gasteiger charge is -2.35. The molecule has 0 radical (unpaired) electrons. The third-order valence-electron chi connectivity index (χ3n) is 8.14. The standard InChI is InChI=1S/C37H40N2O3S/c40-37(38-35(24-12-20-30-14-4-1-5-15-30)25-13-21-31-16-6-2-7-17-31)36-28-33-22-10-11-23-34(33)29-39(36)43(41,42)27-26-32-18-8-3-9-19-32/h1-11,14-19,22-23,26-27,35-36H,12-13,20-21,24-25,28-29H2,(H,38,40). The minimum absolute atomic E-state index is 0.0403. The normalized spacial score (nSPS) is 15.4. The summed E-state index contributed by atoms with van der Waals surface area (Å²) < 4.78 is 28.7. The van der Waals surface area contributed by atoms with Gasteiger partial charge in [0.25, 0.3) is 0 Å². The molecule has 222 valence electrons. The molecule has 1 heterocycles. The summed E-state index contributed by atoms with van der Waals surface area (Å²) in [5.74, 6) is -0.226. The van der Waals surface area contributed by atoms with Crippen molar-refractivity contribution in [1.82, 2.24) is 9.62 Å². The summed E-state index contributed by atoms with van der Waals surface area (Å²) in [7, 11) is -3.87. The van der Waals surface area contributed by atoms with Gasteiger partial charge >= 0.3 is 0 Å². The molecule has 0 saturated heterocycles. The number of sulfonamides is 1. The fourth-order valence-corrected chi connectivity index (χ4v) is 7.11. The van der Waals surface area contributed by atoms with E-state index in [2.05, 4.69) is 53.8 Å². The molecule has 0 bridgehead atoms. The molecule has 1 unspecified atom stereocenters. The predicted molar refractivity (Wildman–Crippen MR) is 175 cm³/mol. The molecule has 5 nitrogen and oxygen atoms in total. The summed E-state index contributed by atoms with van der Waals surface area (Å²) in [6, 6.07) is 37.1. The monoisotopic (exact) mass is 592 g/mol. The fourth-order valence-electron chi connectivity index (χ4n) is 5.78. The van der Waals surface area contributed by atoms with Crippen molar-refractivity contribution in [3.63, 3.8) is 0 Å². The molecule has 4 aromatic carbocycles. The molecule has 0 spiro atoms. The largest absolute Gasteiger partial charge is 0.352 e. The molecule has 0 saturated carbocycles. The highest BCUT2D eigenvalue weighted by Crippen LogP contribution is 2.27. The molecule has 1 amide bonds. The van der Waals surface area contributed by atoms with Crippen LogP contribution < -0.4 is 5.32 Å². The predicted octanol–water partition coefficient (Wildman–Crippen LogP) is 6.94. The summed E-state index contributed by atoms with van der Waals surface area (Å²) in [5, 5.41) is 4.53. The number of nitrogens with one attached hydrogen (secondary N) is 1. The van der Waals surface area contributed by atoms with E-state index in [0.717, 1.165) is 55.2 Å². The molecular weight excluding hydrogens is 552 g/mol. The number of hydrogen-bond donors (Lipinski definition) is 1. The van der Waals surface area contributed by atoms with Crippen LogP contribution in [-0.4, -0.2) is 30.7 Å². The zero-order valence-corrected chi connectivity index (χ0v) is 25.3. The highest BCUT2D eigenvalue weighted by Gasteiger charge is 2.38. The Kier molecular flexibility index (Phi) is 10.6. The average Bonchev–Trinajstić information content (AvgIpc) is 3.04. The maximum Gasteiger partial charge on any atom is 0.239 e. The molecule has 0 fully saturated rings. The van der Waals surface area contributed by atoms with E-state index in [0.29, 0.717) is 6.42 Å². The number of fused-ring (bicyclic) bond motifs is 1. The third-order valence-corrected chi connectivity index (χ3v) is 9.65. The van der Waals surface area contributed by atoms with Gasteiger partial charge in [0.05, 0.1) is 0 Å². The Morgan fingerprint density at radius 3 is 1.84 bits per heavy atom. The van der Waals surface area contributed by atoms with Gasteiger partial charge in [-0.25, -0.2) is 8.42 Å². The molecule has 5 rings (SSSR count). The van der Waals surface area contributed by atoms with Gasteiger partial charge in [0, 0.05) is 18.0 Å². The van der Waals surface area contributed by atoms with Gasteiger partial charge in [0.15, 0.2) is 0 Å². The second-order valence-corrected chi connectivity index (χ2v) is 13.0. The first-order valence-electron chi connectivity index (χ1n) is 15.2. The van der Waals surface area contributed by atoms with Crippen LogP contribution in [0.2, 0.25) is 0 Å². The van der Waals surface area contributed by atoms with Gasteiger partial charge in [-0.3, -0.25) is 4.79 Å². The van der Waals surface area contributed by atoms with Crippen LogP contribution in [0.4, 0.5) is 0 Å². The van der Waals surface area contributed by atoms with Crippen molar-refractivity contribution in [1.29, 1.82) is 0 Å². The quantitative estimate of drug-likeness (QED) is 0.183. The van der Waals surface area contributed by atoms with E-state index in [1.54, 1.807) is 6.08 Å². The molecule has 1 N–H and O–H groups in total. The van der Waals surface area contributed by atoms with Gasteiger partial charge in [-0.15, -0.1) is 0 Å². The van der Waals surface area contributed by atoms with Crippen molar-refractivity contribution in [2.75, 3.05) is 0 Å². The summed E-state index contributed by atoms with van der Waals surface area (Å²) in [6.07, 6.45) is 7.37. The molecule has 1 aliphatic rings. The Labute approximate surface area is 256 Å². The maximum absolute atomic E-state index is 14.0. The zero-order valence-electron chi connectivity index (χ0n) is 24.5. The molecule has 1 aliphatic heterocycles. The number of amides is 1. The van der Waals surface area contributed by atoms with Crippen molar-refractivity contribution in [2.45, 2.75) is 63.6 Å². The highest BCUT2D eigenvalue weighted by atomic mass is 32.2. The molecule has 0 aliphatic carbocycles. The van der Waals surface area contributed by atoms with Gasteiger partial charge in [-0.05, 0) is 78.8 Å². The van der Waals surface area contributed by atoms with Crippen molar-refractivity contribution in [2.24, 2.45) is 0 Å². The van der Waals surface area contributed by atoms with Crippen LogP contribution in [0.3, 0.4) is 0 Å². The first-order chi connectivity index (χ1) is 21.0. The molecule has 43 heavy (non-hydrogen) atoms. The Hall–Kier alpha value is -4.00. The van der Waals surface area contributed by atoms with E-state index in [1.165, 1.54) is 20.8 Å². The number of benzene rings is 4. The van der Waals surface area contributed by atoms with E-state index < -0.39 is 16.1 Å². The van der Waals surface area contributed by atoms with Gasteiger partial charge in [0.1, 0.15) is 6.04 Å². The second kappa shape index (κ2) is 14.9. The summed E-state index contributed by atoms with van der Waals surface area (Å²) in [6.45, 7) is 0.169. The Morgan fingerprint density at radius 2 is 1.26 bits per heavy atom. The topological polar surface area (TPSA) is 66.5 Å². The molecule has 6 heteroatoms. The molecule has 0 aromatic heterocycles. The SMILES string of the molecule is O=C(NC(CCCc1ccccc1)CCCc1ccccc1)C1Cc2ccccc2CN1S(=O)(=O)C=Cc1ccccc1. The van der Waals surface area contributed by atoms with Crippen LogP contribution in [-0.2, 0) is 40.6 Å². The first kappa shape index (κ1) is 30.5. The Bertz CT molecular complexity index is 1540. The van der Waals surface area contributed by atoms with Crippen LogP contribution in [0.15, 0.2) is 121 Å². The van der Waals surface area contributed by atoms with Crippen LogP contribution in [0.5, 0.6) is 0 Å². The van der Waals surface area contributed by atoms with Crippen molar-refractivity contribution < 1.29 is 13.2 Å². The van der Waals surface area contributed by atoms with Gasteiger partial charge < -0.3 is 5.32 Å². The lowest BCUT2D eigenvalue weighted by atomic mass is 9.94. The van der Waals surface area contributed by atoms with E-state index in [-0.39, 0.29) is 18.5 Å². The van der Waals surface area contributed by atoms with Crippen molar-refractivity contribution >= 4 is 22.0 Å². The summed E-state index contributed by atoms with van der Waals surface area (Å²) in [5.41, 5.74) is 5.31. The zero-order chi connectivity index (χ0) is 29.9. The van der Waals surface area contributed by atoms with E-state index >= 15 is 0 Å². The number of hydrogen-bond acceptors (Lipinski definition) is 3. The number of carbonyl (C=O) groups excluding carboxylic acids is 1. The van der Waals surface area contributed by atoms with E-state index in [4.69, 9.17) is 0 Å². The first-order valence-corrected chi connectivity index (χ1v) is 16.7. The highest BCUT2D eigenvalue weighted by molar-refractivity contribution is 7.92. The average molecular weight is 593 g/mol. The van der Waals surface area contributed by atoms with E-state index in [9.17, 15) is 13.2 Å². The minimum atomic E-state index is -3.87. The maximum atomic E-state index is 14.0. The molecular formula is C37H40N2O3S. The van der Waals surface area contributed by atoms with Gasteiger partial charge in [-0.1, -0.05) is 115 Å². The Balaban J connectivity index is 1.32. The van der Waals surface area contributed by atoms with Crippen LogP contribution in [0, 0.1) is 0 Å². The lowest BCUT2D eigenvalue weighted by Crippen LogP contribution is -2.53. The minimum Gasteiger partial charge on any atom is -0.352 e. The van der Waals surface area contributed by atoms with Crippen molar-refractivity contribution in [3.8, 4) is 0 Å². The number of nitrogens with zero attached hydrogens (tertiary/aromatic N) is 1. The lowest BCUT2D eigenvalue weighted by molar-refractivity contribution is -0.126. The van der Waals surface area contributed by atoms with Crippen LogP contribution >= 0.6 is 0 Å². The van der Waals surface area contributed by atoms with E-state index in [1.807, 2.05) is 66.7 Å². The van der Waals surface area contributed by atoms with Gasteiger partial charge in [0.2, 0.25) is 15.9 Å². The number of aryl methyl sites for hydroxylation is 2. The molecule has 1 atom stereocenters. The van der Waals surface area contributed by atoms with Crippen molar-refractivity contribution in [3.05, 3.63) is 148 Å². The van der Waals surface area contributed by atoms with Crippen LogP contribution in [0.25, 0.3) is 6.08 Å². The van der Waals surface area contributed by atoms with Crippen LogP contribution in [0.1, 0.15) is 53.5 Å². The summed E-state index contributed by atoms with van der Waals surface area (Å²) >= 11 is 0. The van der Waals surface area contributed by atoms with Gasteiger partial charge in [-0.2, -0.15) is 4.31 Å². The third kappa shape index (κ3) is 8.76. The second-order valence-electron chi connectivity index (χ2n) is 11.3. The Morgan fingerprint density at radius 1 is 0.744 bits per heavy atom. The smallest absolute Gasteiger partial charge is 0.239 e. The fraction of sp³-hybridized carbons (Fsp3) is 0.270. The summed E-state index contributed by atoms with van der Waals surface area (Å²) in [4.78, 5) is 14.0. The number of carbonyl (C=O) groups is 1. The number of rotatable bonds is 13. The molecule has 4 aromatic rings.